The molecule has 10 heteroatoms. The summed E-state index contributed by atoms with van der Waals surface area (Å²) >= 11 is 5.81. The maximum absolute atomic E-state index is 13.3. The van der Waals surface area contributed by atoms with E-state index in [1.54, 1.807) is 42.1 Å². The molecule has 1 aliphatic heterocycles. The Morgan fingerprint density at radius 1 is 1.15 bits per heavy atom. The van der Waals surface area contributed by atoms with Gasteiger partial charge in [0.2, 0.25) is 5.95 Å². The molecule has 0 bridgehead atoms. The largest absolute Gasteiger partial charge is 0.324 e. The van der Waals surface area contributed by atoms with Crippen LogP contribution in [0.3, 0.4) is 0 Å². The lowest BCUT2D eigenvalue weighted by molar-refractivity contribution is 0.628. The van der Waals surface area contributed by atoms with Gasteiger partial charge in [-0.3, -0.25) is 0 Å². The molecule has 0 aliphatic carbocycles. The van der Waals surface area contributed by atoms with Crippen molar-refractivity contribution in [3.05, 3.63) is 66.4 Å². The summed E-state index contributed by atoms with van der Waals surface area (Å²) in [5.41, 5.74) is 7.86. The fraction of sp³-hybridized carbons (Fsp3) is 0. The number of hydrazine groups is 2. The smallest absolute Gasteiger partial charge is 0.229 e. The van der Waals surface area contributed by atoms with Crippen LogP contribution >= 0.6 is 11.6 Å². The second-order valence-electron chi connectivity index (χ2n) is 5.25. The molecule has 2 aromatic heterocycles. The molecule has 1 aliphatic rings. The molecule has 3 aromatic rings. The van der Waals surface area contributed by atoms with Crippen LogP contribution in [0.25, 0.3) is 11.1 Å². The molecule has 1 aromatic carbocycles. The lowest BCUT2D eigenvalue weighted by Crippen LogP contribution is -2.36. The van der Waals surface area contributed by atoms with Gasteiger partial charge in [0.15, 0.2) is 5.82 Å². The highest BCUT2D eigenvalue weighted by molar-refractivity contribution is 6.31. The van der Waals surface area contributed by atoms with Crippen molar-refractivity contribution >= 4 is 29.1 Å². The zero-order valence-electron chi connectivity index (χ0n) is 13.2. The zero-order valence-corrected chi connectivity index (χ0v) is 13.9. The van der Waals surface area contributed by atoms with Gasteiger partial charge in [0.1, 0.15) is 12.1 Å². The molecular formula is C16H12ClFN8. The topological polar surface area (TPSA) is 90.9 Å². The summed E-state index contributed by atoms with van der Waals surface area (Å²) < 4.78 is 13.3. The van der Waals surface area contributed by atoms with E-state index in [9.17, 15) is 4.39 Å². The summed E-state index contributed by atoms with van der Waals surface area (Å²) in [5, 5.41) is 4.71. The summed E-state index contributed by atoms with van der Waals surface area (Å²) in [4.78, 5) is 16.9. The molecular weight excluding hydrogens is 359 g/mol. The Morgan fingerprint density at radius 2 is 2.00 bits per heavy atom. The van der Waals surface area contributed by atoms with Crippen LogP contribution in [-0.2, 0) is 0 Å². The Balaban J connectivity index is 1.72. The monoisotopic (exact) mass is 370 g/mol. The molecule has 3 N–H and O–H groups in total. The van der Waals surface area contributed by atoms with Crippen molar-refractivity contribution < 1.29 is 4.39 Å². The fourth-order valence-electron chi connectivity index (χ4n) is 2.34. The summed E-state index contributed by atoms with van der Waals surface area (Å²) in [5.74, 6) is 0.410. The van der Waals surface area contributed by atoms with E-state index < -0.39 is 5.82 Å². The van der Waals surface area contributed by atoms with E-state index in [1.165, 1.54) is 18.5 Å². The van der Waals surface area contributed by atoms with Crippen LogP contribution in [-0.4, -0.2) is 19.9 Å². The van der Waals surface area contributed by atoms with Gasteiger partial charge in [0, 0.05) is 47.8 Å². The van der Waals surface area contributed by atoms with Gasteiger partial charge in [-0.25, -0.2) is 24.4 Å². The number of nitrogens with zero attached hydrogens (tertiary/aromatic N) is 5. The molecule has 4 rings (SSSR count). The van der Waals surface area contributed by atoms with E-state index in [1.807, 2.05) is 0 Å². The molecule has 0 saturated heterocycles. The van der Waals surface area contributed by atoms with Crippen LogP contribution in [0.2, 0.25) is 5.02 Å². The first kappa shape index (κ1) is 16.2. The highest BCUT2D eigenvalue weighted by Crippen LogP contribution is 2.29. The van der Waals surface area contributed by atoms with Crippen molar-refractivity contribution in [2.45, 2.75) is 0 Å². The second-order valence-corrected chi connectivity index (χ2v) is 5.66. The van der Waals surface area contributed by atoms with Gasteiger partial charge >= 0.3 is 0 Å². The van der Waals surface area contributed by atoms with Crippen LogP contribution in [0.5, 0.6) is 0 Å². The van der Waals surface area contributed by atoms with Crippen LogP contribution < -0.4 is 21.3 Å². The number of nitrogens with one attached hydrogen (secondary N) is 3. The molecule has 0 fully saturated rings. The first-order valence-electron chi connectivity index (χ1n) is 7.52. The summed E-state index contributed by atoms with van der Waals surface area (Å²) in [6.07, 6.45) is 9.95. The minimum atomic E-state index is -0.490. The number of rotatable bonds is 4. The summed E-state index contributed by atoms with van der Waals surface area (Å²) in [7, 11) is 0. The number of anilines is 3. The summed E-state index contributed by atoms with van der Waals surface area (Å²) in [6, 6.07) is 4.29. The Morgan fingerprint density at radius 3 is 2.73 bits per heavy atom. The lowest BCUT2D eigenvalue weighted by atomic mass is 10.1. The highest BCUT2D eigenvalue weighted by atomic mass is 35.5. The van der Waals surface area contributed by atoms with Crippen molar-refractivity contribution in [2.24, 2.45) is 0 Å². The molecule has 130 valence electrons. The predicted octanol–water partition coefficient (Wildman–Crippen LogP) is 2.77. The molecule has 26 heavy (non-hydrogen) atoms. The van der Waals surface area contributed by atoms with Crippen LogP contribution in [0.1, 0.15) is 0 Å². The van der Waals surface area contributed by atoms with Crippen molar-refractivity contribution in [1.82, 2.24) is 30.9 Å². The Labute approximate surface area is 152 Å². The van der Waals surface area contributed by atoms with Gasteiger partial charge < -0.3 is 10.7 Å². The van der Waals surface area contributed by atoms with Crippen molar-refractivity contribution in [2.75, 3.05) is 10.3 Å². The van der Waals surface area contributed by atoms with E-state index in [4.69, 9.17) is 11.6 Å². The quantitative estimate of drug-likeness (QED) is 0.646. The van der Waals surface area contributed by atoms with Gasteiger partial charge in [-0.1, -0.05) is 11.6 Å². The first-order chi connectivity index (χ1) is 12.7. The maximum atomic E-state index is 13.3. The number of hydrogen-bond acceptors (Lipinski definition) is 8. The van der Waals surface area contributed by atoms with Crippen molar-refractivity contribution in [3.63, 3.8) is 0 Å². The normalized spacial score (nSPS) is 12.9. The number of aromatic nitrogens is 4. The Bertz CT molecular complexity index is 966. The number of hydrogen-bond donors (Lipinski definition) is 3. The van der Waals surface area contributed by atoms with E-state index in [0.717, 1.165) is 11.1 Å². The third-order valence-electron chi connectivity index (χ3n) is 3.54. The van der Waals surface area contributed by atoms with Crippen LogP contribution in [0.4, 0.5) is 21.8 Å². The molecule has 8 nitrogen and oxygen atoms in total. The van der Waals surface area contributed by atoms with Gasteiger partial charge in [0.05, 0.1) is 5.02 Å². The Kier molecular flexibility index (Phi) is 4.30. The first-order valence-corrected chi connectivity index (χ1v) is 7.90. The predicted molar refractivity (Wildman–Crippen MR) is 95.6 cm³/mol. The molecule has 0 radical (unpaired) electrons. The minimum Gasteiger partial charge on any atom is -0.324 e. The summed E-state index contributed by atoms with van der Waals surface area (Å²) in [6.45, 7) is 0. The molecule has 0 unspecified atom stereocenters. The molecule has 0 amide bonds. The molecule has 0 saturated carbocycles. The van der Waals surface area contributed by atoms with E-state index in [-0.39, 0.29) is 5.02 Å². The Hall–Kier alpha value is -3.30. The van der Waals surface area contributed by atoms with Gasteiger partial charge in [-0.15, -0.1) is 5.53 Å². The maximum Gasteiger partial charge on any atom is 0.229 e. The van der Waals surface area contributed by atoms with Crippen LogP contribution in [0.15, 0.2) is 55.5 Å². The fourth-order valence-corrected chi connectivity index (χ4v) is 2.52. The van der Waals surface area contributed by atoms with Crippen LogP contribution in [0, 0.1) is 5.82 Å². The number of halogens is 2. The second kappa shape index (κ2) is 6.90. The SMILES string of the molecule is Fc1ccc(Nc2ncc(-c3cncnc3)c(N3C=CNN3)n2)cc1Cl. The average Bonchev–Trinajstić information content (AvgIpc) is 3.20. The van der Waals surface area contributed by atoms with Gasteiger partial charge in [-0.2, -0.15) is 4.98 Å². The number of benzene rings is 1. The minimum absolute atomic E-state index is 0.0154. The van der Waals surface area contributed by atoms with E-state index in [2.05, 4.69) is 36.2 Å². The lowest BCUT2D eigenvalue weighted by Gasteiger charge is -2.18. The van der Waals surface area contributed by atoms with Crippen molar-refractivity contribution in [3.8, 4) is 11.1 Å². The molecule has 3 heterocycles. The van der Waals surface area contributed by atoms with Gasteiger partial charge in [-0.05, 0) is 18.2 Å². The highest BCUT2D eigenvalue weighted by Gasteiger charge is 2.17. The molecule has 0 atom stereocenters. The molecule has 0 spiro atoms. The average molecular weight is 371 g/mol. The van der Waals surface area contributed by atoms with Gasteiger partial charge in [0.25, 0.3) is 0 Å². The van der Waals surface area contributed by atoms with E-state index >= 15 is 0 Å². The third-order valence-corrected chi connectivity index (χ3v) is 3.83. The van der Waals surface area contributed by atoms with E-state index in [0.29, 0.717) is 17.5 Å². The standard InChI is InChI=1S/C16H12ClFN8/c17-13-5-11(1-2-14(13)18)23-16-21-8-12(10-6-19-9-20-7-10)15(24-16)26-4-3-22-25-26/h1-9,22,25H,(H,21,23,24). The zero-order chi connectivity index (χ0) is 17.9. The third kappa shape index (κ3) is 3.25. The van der Waals surface area contributed by atoms with Crippen molar-refractivity contribution in [1.29, 1.82) is 0 Å².